The molecule has 2 aromatic carbocycles. The van der Waals surface area contributed by atoms with Crippen LogP contribution in [0.5, 0.6) is 5.75 Å². The van der Waals surface area contributed by atoms with Gasteiger partial charge in [-0.1, -0.05) is 22.9 Å². The van der Waals surface area contributed by atoms with E-state index in [1.165, 1.54) is 23.1 Å². The summed E-state index contributed by atoms with van der Waals surface area (Å²) in [6, 6.07) is 8.61. The van der Waals surface area contributed by atoms with Crippen molar-refractivity contribution in [2.75, 3.05) is 12.3 Å². The second kappa shape index (κ2) is 10.7. The molecule has 2 aliphatic heterocycles. The molecule has 1 fully saturated rings. The number of benzene rings is 2. The average Bonchev–Trinajstić information content (AvgIpc) is 3.21. The summed E-state index contributed by atoms with van der Waals surface area (Å²) in [5.41, 5.74) is 1.98. The molecule has 3 aromatic rings. The van der Waals surface area contributed by atoms with Gasteiger partial charge in [0, 0.05) is 23.3 Å². The van der Waals surface area contributed by atoms with Gasteiger partial charge >= 0.3 is 51.4 Å². The topological polar surface area (TPSA) is 139 Å². The van der Waals surface area contributed by atoms with E-state index in [9.17, 15) is 31.0 Å². The fraction of sp³-hybridized carbons (Fsp3) is 0.318. The van der Waals surface area contributed by atoms with Gasteiger partial charge in [0.05, 0.1) is 40.1 Å². The number of phenolic OH excluding ortho intramolecular Hbond substituents is 1. The number of quaternary nitrogens is 1. The maximum absolute atomic E-state index is 12.2. The molecule has 15 heteroatoms. The Morgan fingerprint density at radius 1 is 1.22 bits per heavy atom. The van der Waals surface area contributed by atoms with Gasteiger partial charge in [0.25, 0.3) is 5.01 Å². The number of aromatic hydroxyl groups is 1. The van der Waals surface area contributed by atoms with E-state index in [-0.39, 0.29) is 81.0 Å². The number of thiazole rings is 1. The molecule has 0 radical (unpaired) electrons. The number of phenols is 1. The largest absolute Gasteiger partial charge is 1.00 e. The van der Waals surface area contributed by atoms with Gasteiger partial charge in [0.2, 0.25) is 5.52 Å². The van der Waals surface area contributed by atoms with Crippen LogP contribution >= 0.6 is 34.7 Å². The minimum atomic E-state index is -4.63. The third-order valence-electron chi connectivity index (χ3n) is 6.58. The van der Waals surface area contributed by atoms with Crippen LogP contribution in [0.25, 0.3) is 16.3 Å². The van der Waals surface area contributed by atoms with Crippen LogP contribution in [-0.2, 0) is 26.8 Å². The first-order valence-corrected chi connectivity index (χ1v) is 16.0. The molecule has 1 spiro atoms. The maximum Gasteiger partial charge on any atom is 1.00 e. The van der Waals surface area contributed by atoms with Crippen molar-refractivity contribution in [3.8, 4) is 5.75 Å². The SMILES string of the molecule is Cc1cc2sc(C=C3Sc4ccc(Cl)cc4[N+]34CCC4S(=O)(=O)[O-])[n+](CCCS(=O)(=O)[O-])c2cc1O.[K+]. The number of halogens is 1. The van der Waals surface area contributed by atoms with E-state index in [0.29, 0.717) is 38.4 Å². The van der Waals surface area contributed by atoms with Crippen molar-refractivity contribution in [2.24, 2.45) is 0 Å². The molecule has 3 heterocycles. The average molecular weight is 628 g/mol. The number of hydrogen-bond acceptors (Lipinski definition) is 9. The van der Waals surface area contributed by atoms with Crippen molar-refractivity contribution in [3.05, 3.63) is 51.0 Å². The summed E-state index contributed by atoms with van der Waals surface area (Å²) >= 11 is 8.99. The standard InChI is InChI=1S/C22H21ClN2O7S4.K/c1-13-9-19-15(11-17(13)26)24(6-2-8-35(27,28)29)20(33-19)12-21-25(7-5-22(25)36(30,31)32)16-10-14(23)3-4-18(16)34-21;/h3-4,9-12,22H,2,5-8H2,1H3,(H-2,26,27,28,29,30,31,32);/q;+1. The molecule has 0 amide bonds. The fourth-order valence-corrected chi connectivity index (χ4v) is 9.31. The van der Waals surface area contributed by atoms with Crippen LogP contribution < -0.4 is 60.4 Å². The summed E-state index contributed by atoms with van der Waals surface area (Å²) in [7, 11) is -9.03. The van der Waals surface area contributed by atoms with Crippen LogP contribution in [0.4, 0.5) is 5.69 Å². The van der Waals surface area contributed by atoms with Crippen molar-refractivity contribution in [2.45, 2.75) is 36.6 Å². The molecule has 2 aliphatic rings. The van der Waals surface area contributed by atoms with Crippen molar-refractivity contribution in [3.63, 3.8) is 0 Å². The first-order chi connectivity index (χ1) is 16.8. The molecule has 192 valence electrons. The minimum absolute atomic E-state index is 0. The molecule has 0 saturated carbocycles. The Hall–Kier alpha value is -0.0736. The molecule has 9 nitrogen and oxygen atoms in total. The zero-order valence-electron chi connectivity index (χ0n) is 19.9. The zero-order chi connectivity index (χ0) is 26.0. The van der Waals surface area contributed by atoms with E-state index in [1.807, 2.05) is 16.7 Å². The van der Waals surface area contributed by atoms with Crippen LogP contribution in [0, 0.1) is 6.92 Å². The van der Waals surface area contributed by atoms with Gasteiger partial charge < -0.3 is 14.2 Å². The number of fused-ring (bicyclic) bond motifs is 3. The van der Waals surface area contributed by atoms with Crippen molar-refractivity contribution < 1.29 is 87.0 Å². The van der Waals surface area contributed by atoms with Crippen LogP contribution in [0.3, 0.4) is 0 Å². The molecule has 1 saturated heterocycles. The Morgan fingerprint density at radius 3 is 2.57 bits per heavy atom. The third kappa shape index (κ3) is 5.60. The molecular weight excluding hydrogens is 607 g/mol. The van der Waals surface area contributed by atoms with Crippen LogP contribution in [0.1, 0.15) is 23.4 Å². The van der Waals surface area contributed by atoms with E-state index in [0.717, 1.165) is 9.60 Å². The van der Waals surface area contributed by atoms with Crippen LogP contribution in [-0.4, -0.2) is 48.7 Å². The number of thioether (sulfide) groups is 1. The van der Waals surface area contributed by atoms with Crippen LogP contribution in [0.15, 0.2) is 40.3 Å². The smallest absolute Gasteiger partial charge is 0.748 e. The summed E-state index contributed by atoms with van der Waals surface area (Å²) in [6.07, 6.45) is 2.10. The molecule has 0 aliphatic carbocycles. The molecule has 37 heavy (non-hydrogen) atoms. The fourth-order valence-electron chi connectivity index (χ4n) is 4.81. The van der Waals surface area contributed by atoms with E-state index in [2.05, 4.69) is 0 Å². The van der Waals surface area contributed by atoms with Crippen molar-refractivity contribution >= 4 is 76.9 Å². The monoisotopic (exact) mass is 627 g/mol. The van der Waals surface area contributed by atoms with E-state index < -0.39 is 31.4 Å². The van der Waals surface area contributed by atoms with Gasteiger partial charge in [-0.2, -0.15) is 4.57 Å². The summed E-state index contributed by atoms with van der Waals surface area (Å²) in [4.78, 5) is 0.803. The first-order valence-electron chi connectivity index (χ1n) is 10.9. The Labute approximate surface area is 270 Å². The van der Waals surface area contributed by atoms with Gasteiger partial charge in [0.15, 0.2) is 32.8 Å². The number of aryl methyl sites for hydroxylation is 2. The van der Waals surface area contributed by atoms with Crippen molar-refractivity contribution in [1.29, 1.82) is 0 Å². The molecule has 2 unspecified atom stereocenters. The second-order valence-corrected chi connectivity index (χ2v) is 14.5. The maximum atomic E-state index is 12.2. The Morgan fingerprint density at radius 2 is 1.95 bits per heavy atom. The Kier molecular flexibility index (Phi) is 8.67. The van der Waals surface area contributed by atoms with Gasteiger partial charge in [-0.3, -0.25) is 0 Å². The molecule has 2 atom stereocenters. The van der Waals surface area contributed by atoms with Crippen molar-refractivity contribution in [1.82, 2.24) is 4.48 Å². The molecule has 1 aromatic heterocycles. The first kappa shape index (κ1) is 29.9. The predicted molar refractivity (Wildman–Crippen MR) is 138 cm³/mol. The number of nitrogens with zero attached hydrogens (tertiary/aromatic N) is 2. The molecule has 1 N–H and O–H groups in total. The zero-order valence-corrected chi connectivity index (χ0v) is 27.0. The van der Waals surface area contributed by atoms with E-state index >= 15 is 0 Å². The third-order valence-corrected chi connectivity index (χ3v) is 11.2. The molecule has 5 rings (SSSR count). The minimum Gasteiger partial charge on any atom is -0.748 e. The Balaban J connectivity index is 0.00000320. The number of rotatable bonds is 6. The summed E-state index contributed by atoms with van der Waals surface area (Å²) in [5, 5.41) is 10.9. The van der Waals surface area contributed by atoms with E-state index in [1.54, 1.807) is 31.2 Å². The summed E-state index contributed by atoms with van der Waals surface area (Å²) < 4.78 is 72.7. The number of aromatic nitrogens is 1. The predicted octanol–water partition coefficient (Wildman–Crippen LogP) is 0.482. The summed E-state index contributed by atoms with van der Waals surface area (Å²) in [6.45, 7) is 2.37. The number of hydrogen-bond donors (Lipinski definition) is 1. The Bertz CT molecular complexity index is 1660. The van der Waals surface area contributed by atoms with Gasteiger partial charge in [-0.15, -0.1) is 0 Å². The normalized spacial score (nSPS) is 22.3. The van der Waals surface area contributed by atoms with E-state index in [4.69, 9.17) is 11.6 Å². The van der Waals surface area contributed by atoms with Gasteiger partial charge in [-0.25, -0.2) is 21.3 Å². The second-order valence-electron chi connectivity index (χ2n) is 8.84. The quantitative estimate of drug-likeness (QED) is 0.180. The summed E-state index contributed by atoms with van der Waals surface area (Å²) in [5.74, 6) is -0.467. The molecule has 0 bridgehead atoms. The van der Waals surface area contributed by atoms with Crippen LogP contribution in [0.2, 0.25) is 5.02 Å². The molecular formula is C22H21ClKN2O7S4+. The van der Waals surface area contributed by atoms with Gasteiger partial charge in [-0.05, 0) is 42.4 Å². The van der Waals surface area contributed by atoms with Gasteiger partial charge in [0.1, 0.15) is 10.4 Å².